The molecule has 0 spiro atoms. The molecule has 2 N–H and O–H groups in total. The monoisotopic (exact) mass is 294 g/mol. The molecule has 0 aliphatic carbocycles. The molecule has 2 aromatic rings. The zero-order valence-electron chi connectivity index (χ0n) is 12.7. The third kappa shape index (κ3) is 2.86. The Kier molecular flexibility index (Phi) is 3.67. The van der Waals surface area contributed by atoms with Gasteiger partial charge in [0, 0.05) is 17.8 Å². The van der Waals surface area contributed by atoms with E-state index in [0.29, 0.717) is 18.5 Å². The summed E-state index contributed by atoms with van der Waals surface area (Å²) in [5.74, 6) is -0.0656. The van der Waals surface area contributed by atoms with Crippen LogP contribution in [0.1, 0.15) is 32.6 Å². The zero-order valence-corrected chi connectivity index (χ0v) is 12.7. The average molecular weight is 294 g/mol. The quantitative estimate of drug-likeness (QED) is 0.914. The summed E-state index contributed by atoms with van der Waals surface area (Å²) in [6.45, 7) is 4.47. The molecule has 22 heavy (non-hydrogen) atoms. The van der Waals surface area contributed by atoms with Gasteiger partial charge in [0.05, 0.1) is 6.42 Å². The standard InChI is InChI=1S/C18H18N2O2/c1-11-3-5-14(7-12(11)2)18(22)19-10-13-4-6-16-15(8-13)9-17(21)20-16/h3-8H,9-10H2,1-2H3,(H,19,22)(H,20,21). The van der Waals surface area contributed by atoms with E-state index in [1.54, 1.807) is 0 Å². The highest BCUT2D eigenvalue weighted by molar-refractivity contribution is 5.99. The second kappa shape index (κ2) is 5.64. The van der Waals surface area contributed by atoms with Gasteiger partial charge in [-0.3, -0.25) is 9.59 Å². The molecular formula is C18H18N2O2. The van der Waals surface area contributed by atoms with Gasteiger partial charge in [0.15, 0.2) is 0 Å². The Balaban J connectivity index is 1.67. The van der Waals surface area contributed by atoms with E-state index in [2.05, 4.69) is 10.6 Å². The highest BCUT2D eigenvalue weighted by Gasteiger charge is 2.17. The van der Waals surface area contributed by atoms with Crippen LogP contribution >= 0.6 is 0 Å². The largest absolute Gasteiger partial charge is 0.348 e. The first-order chi connectivity index (χ1) is 10.5. The molecule has 0 saturated carbocycles. The topological polar surface area (TPSA) is 58.2 Å². The fourth-order valence-corrected chi connectivity index (χ4v) is 2.56. The van der Waals surface area contributed by atoms with Gasteiger partial charge in [0.1, 0.15) is 0 Å². The second-order valence-corrected chi connectivity index (χ2v) is 5.70. The van der Waals surface area contributed by atoms with Crippen molar-refractivity contribution in [1.29, 1.82) is 0 Å². The third-order valence-corrected chi connectivity index (χ3v) is 4.02. The Bertz CT molecular complexity index is 766. The molecule has 2 aromatic carbocycles. The minimum absolute atomic E-state index is 0.0197. The molecular weight excluding hydrogens is 276 g/mol. The number of benzene rings is 2. The van der Waals surface area contributed by atoms with Crippen LogP contribution < -0.4 is 10.6 Å². The Morgan fingerprint density at radius 2 is 1.95 bits per heavy atom. The lowest BCUT2D eigenvalue weighted by atomic mass is 10.1. The Labute approximate surface area is 129 Å². The van der Waals surface area contributed by atoms with Gasteiger partial charge in [0.25, 0.3) is 5.91 Å². The minimum atomic E-state index is -0.0854. The number of anilines is 1. The summed E-state index contributed by atoms with van der Waals surface area (Å²) in [6, 6.07) is 11.5. The number of carbonyl (C=O) groups excluding carboxylic acids is 2. The molecule has 2 amide bonds. The van der Waals surface area contributed by atoms with Crippen LogP contribution in [0.15, 0.2) is 36.4 Å². The number of aryl methyl sites for hydroxylation is 2. The van der Waals surface area contributed by atoms with Crippen molar-refractivity contribution >= 4 is 17.5 Å². The first-order valence-electron chi connectivity index (χ1n) is 7.30. The molecule has 112 valence electrons. The third-order valence-electron chi connectivity index (χ3n) is 4.02. The summed E-state index contributed by atoms with van der Waals surface area (Å²) < 4.78 is 0. The van der Waals surface area contributed by atoms with Crippen LogP contribution in [-0.2, 0) is 17.8 Å². The molecule has 0 bridgehead atoms. The minimum Gasteiger partial charge on any atom is -0.348 e. The van der Waals surface area contributed by atoms with Gasteiger partial charge in [0.2, 0.25) is 5.91 Å². The number of rotatable bonds is 3. The van der Waals surface area contributed by atoms with E-state index in [9.17, 15) is 9.59 Å². The Morgan fingerprint density at radius 3 is 2.73 bits per heavy atom. The van der Waals surface area contributed by atoms with Crippen LogP contribution in [0.3, 0.4) is 0 Å². The summed E-state index contributed by atoms with van der Waals surface area (Å²) in [5.41, 5.74) is 5.80. The van der Waals surface area contributed by atoms with Crippen LogP contribution in [0.5, 0.6) is 0 Å². The van der Waals surface area contributed by atoms with Crippen LogP contribution in [-0.4, -0.2) is 11.8 Å². The van der Waals surface area contributed by atoms with Crippen molar-refractivity contribution in [3.8, 4) is 0 Å². The molecule has 4 nitrogen and oxygen atoms in total. The average Bonchev–Trinajstić information content (AvgIpc) is 2.86. The molecule has 0 saturated heterocycles. The van der Waals surface area contributed by atoms with E-state index in [1.165, 1.54) is 5.56 Å². The highest BCUT2D eigenvalue weighted by Crippen LogP contribution is 2.23. The summed E-state index contributed by atoms with van der Waals surface area (Å²) in [4.78, 5) is 23.5. The molecule has 0 radical (unpaired) electrons. The van der Waals surface area contributed by atoms with Gasteiger partial charge in [-0.1, -0.05) is 18.2 Å². The molecule has 1 aliphatic rings. The Hall–Kier alpha value is -2.62. The first kappa shape index (κ1) is 14.3. The van der Waals surface area contributed by atoms with E-state index in [0.717, 1.165) is 22.4 Å². The van der Waals surface area contributed by atoms with Crippen molar-refractivity contribution in [2.24, 2.45) is 0 Å². The number of amides is 2. The predicted octanol–water partition coefficient (Wildman–Crippen LogP) is 2.73. The molecule has 0 aromatic heterocycles. The van der Waals surface area contributed by atoms with Crippen molar-refractivity contribution in [2.45, 2.75) is 26.8 Å². The fraction of sp³-hybridized carbons (Fsp3) is 0.222. The van der Waals surface area contributed by atoms with E-state index in [1.807, 2.05) is 50.2 Å². The van der Waals surface area contributed by atoms with Gasteiger partial charge in [-0.25, -0.2) is 0 Å². The maximum atomic E-state index is 12.2. The normalized spacial score (nSPS) is 12.7. The van der Waals surface area contributed by atoms with Crippen molar-refractivity contribution in [1.82, 2.24) is 5.32 Å². The summed E-state index contributed by atoms with van der Waals surface area (Å²) in [5, 5.41) is 5.72. The lowest BCUT2D eigenvalue weighted by Crippen LogP contribution is -2.22. The van der Waals surface area contributed by atoms with Crippen molar-refractivity contribution in [2.75, 3.05) is 5.32 Å². The number of hydrogen-bond donors (Lipinski definition) is 2. The van der Waals surface area contributed by atoms with Crippen LogP contribution in [0.4, 0.5) is 5.69 Å². The van der Waals surface area contributed by atoms with E-state index >= 15 is 0 Å². The van der Waals surface area contributed by atoms with Crippen molar-refractivity contribution < 1.29 is 9.59 Å². The molecule has 1 aliphatic heterocycles. The number of hydrogen-bond acceptors (Lipinski definition) is 2. The fourth-order valence-electron chi connectivity index (χ4n) is 2.56. The Morgan fingerprint density at radius 1 is 1.14 bits per heavy atom. The summed E-state index contributed by atoms with van der Waals surface area (Å²) in [6.07, 6.45) is 0.411. The highest BCUT2D eigenvalue weighted by atomic mass is 16.2. The van der Waals surface area contributed by atoms with Gasteiger partial charge in [-0.2, -0.15) is 0 Å². The van der Waals surface area contributed by atoms with E-state index in [4.69, 9.17) is 0 Å². The zero-order chi connectivity index (χ0) is 15.7. The van der Waals surface area contributed by atoms with Crippen molar-refractivity contribution in [3.63, 3.8) is 0 Å². The SMILES string of the molecule is Cc1ccc(C(=O)NCc2ccc3c(c2)CC(=O)N3)cc1C. The molecule has 4 heteroatoms. The molecule has 1 heterocycles. The second-order valence-electron chi connectivity index (χ2n) is 5.70. The molecule has 3 rings (SSSR count). The number of carbonyl (C=O) groups is 2. The molecule has 0 unspecified atom stereocenters. The van der Waals surface area contributed by atoms with E-state index in [-0.39, 0.29) is 11.8 Å². The van der Waals surface area contributed by atoms with Crippen molar-refractivity contribution in [3.05, 3.63) is 64.2 Å². The van der Waals surface area contributed by atoms with Gasteiger partial charge in [-0.05, 0) is 54.3 Å². The first-order valence-corrected chi connectivity index (χ1v) is 7.30. The lowest BCUT2D eigenvalue weighted by Gasteiger charge is -2.08. The maximum Gasteiger partial charge on any atom is 0.251 e. The predicted molar refractivity (Wildman–Crippen MR) is 85.9 cm³/mol. The summed E-state index contributed by atoms with van der Waals surface area (Å²) >= 11 is 0. The van der Waals surface area contributed by atoms with Gasteiger partial charge >= 0.3 is 0 Å². The molecule has 0 atom stereocenters. The van der Waals surface area contributed by atoms with Gasteiger partial charge < -0.3 is 10.6 Å². The smallest absolute Gasteiger partial charge is 0.251 e. The van der Waals surface area contributed by atoms with Crippen LogP contribution in [0, 0.1) is 13.8 Å². The van der Waals surface area contributed by atoms with Gasteiger partial charge in [-0.15, -0.1) is 0 Å². The van der Waals surface area contributed by atoms with E-state index < -0.39 is 0 Å². The lowest BCUT2D eigenvalue weighted by molar-refractivity contribution is -0.115. The maximum absolute atomic E-state index is 12.2. The summed E-state index contributed by atoms with van der Waals surface area (Å²) in [7, 11) is 0. The number of nitrogens with one attached hydrogen (secondary N) is 2. The van der Waals surface area contributed by atoms with Crippen LogP contribution in [0.2, 0.25) is 0 Å². The molecule has 0 fully saturated rings. The van der Waals surface area contributed by atoms with Crippen LogP contribution in [0.25, 0.3) is 0 Å². The number of fused-ring (bicyclic) bond motifs is 1.